The van der Waals surface area contributed by atoms with Gasteiger partial charge >= 0.3 is 0 Å². The summed E-state index contributed by atoms with van der Waals surface area (Å²) in [6.07, 6.45) is 2.50. The van der Waals surface area contributed by atoms with Crippen molar-refractivity contribution < 1.29 is 23.9 Å². The SMILES string of the molecule is COCCN(C(=O)CN1C(=O)c2ccccc2C1=O)C1(C(=O)Nc2ccc(Cl)cc2)CCCC1. The van der Waals surface area contributed by atoms with Crippen molar-refractivity contribution in [2.24, 2.45) is 0 Å². The van der Waals surface area contributed by atoms with Crippen LogP contribution >= 0.6 is 11.6 Å². The van der Waals surface area contributed by atoms with Crippen molar-refractivity contribution in [3.8, 4) is 0 Å². The van der Waals surface area contributed by atoms with Gasteiger partial charge < -0.3 is 15.0 Å². The average Bonchev–Trinajstić information content (AvgIpc) is 3.42. The minimum atomic E-state index is -1.10. The van der Waals surface area contributed by atoms with E-state index in [4.69, 9.17) is 16.3 Å². The van der Waals surface area contributed by atoms with Gasteiger partial charge in [0.05, 0.1) is 17.7 Å². The molecule has 2 aromatic carbocycles. The van der Waals surface area contributed by atoms with Gasteiger partial charge in [0.1, 0.15) is 12.1 Å². The summed E-state index contributed by atoms with van der Waals surface area (Å²) in [7, 11) is 1.52. The highest BCUT2D eigenvalue weighted by Gasteiger charge is 2.49. The van der Waals surface area contributed by atoms with Gasteiger partial charge in [-0.3, -0.25) is 24.1 Å². The highest BCUT2D eigenvalue weighted by molar-refractivity contribution is 6.30. The molecule has 178 valence electrons. The lowest BCUT2D eigenvalue weighted by Crippen LogP contribution is -2.60. The molecule has 2 aliphatic rings. The molecular formula is C25H26ClN3O5. The molecule has 0 spiro atoms. The number of fused-ring (bicyclic) bond motifs is 1. The Morgan fingerprint density at radius 3 is 2.18 bits per heavy atom. The zero-order chi connectivity index (χ0) is 24.3. The number of nitrogens with zero attached hydrogens (tertiary/aromatic N) is 2. The fourth-order valence-corrected chi connectivity index (χ4v) is 4.85. The predicted octanol–water partition coefficient (Wildman–Crippen LogP) is 3.36. The van der Waals surface area contributed by atoms with Gasteiger partial charge in [0.15, 0.2) is 0 Å². The maximum Gasteiger partial charge on any atom is 0.262 e. The Bertz CT molecular complexity index is 1080. The van der Waals surface area contributed by atoms with Crippen LogP contribution in [0.4, 0.5) is 5.69 Å². The van der Waals surface area contributed by atoms with E-state index in [1.165, 1.54) is 12.0 Å². The van der Waals surface area contributed by atoms with E-state index in [0.29, 0.717) is 23.6 Å². The number of imide groups is 1. The first kappa shape index (κ1) is 23.9. The van der Waals surface area contributed by atoms with E-state index < -0.39 is 29.8 Å². The molecule has 0 aromatic heterocycles. The molecule has 1 heterocycles. The lowest BCUT2D eigenvalue weighted by molar-refractivity contribution is -0.146. The van der Waals surface area contributed by atoms with Crippen LogP contribution in [0.15, 0.2) is 48.5 Å². The first-order valence-corrected chi connectivity index (χ1v) is 11.6. The number of amides is 4. The van der Waals surface area contributed by atoms with E-state index in [1.807, 2.05) is 0 Å². The van der Waals surface area contributed by atoms with Gasteiger partial charge in [0.2, 0.25) is 11.8 Å². The van der Waals surface area contributed by atoms with Crippen LogP contribution in [-0.4, -0.2) is 65.8 Å². The summed E-state index contributed by atoms with van der Waals surface area (Å²) in [5.74, 6) is -1.79. The second kappa shape index (κ2) is 9.95. The van der Waals surface area contributed by atoms with E-state index >= 15 is 0 Å². The molecule has 2 aromatic rings. The van der Waals surface area contributed by atoms with Crippen molar-refractivity contribution in [1.82, 2.24) is 9.80 Å². The minimum absolute atomic E-state index is 0.159. The van der Waals surface area contributed by atoms with Crippen molar-refractivity contribution >= 4 is 40.9 Å². The zero-order valence-corrected chi connectivity index (χ0v) is 19.6. The smallest absolute Gasteiger partial charge is 0.262 e. The molecule has 1 saturated carbocycles. The van der Waals surface area contributed by atoms with Gasteiger partial charge in [-0.05, 0) is 49.2 Å². The number of carbonyl (C=O) groups is 4. The van der Waals surface area contributed by atoms with Crippen molar-refractivity contribution in [3.05, 3.63) is 64.7 Å². The third-order valence-corrected chi connectivity index (χ3v) is 6.72. The molecule has 9 heteroatoms. The van der Waals surface area contributed by atoms with Gasteiger partial charge in [0.25, 0.3) is 11.8 Å². The third kappa shape index (κ3) is 4.43. The van der Waals surface area contributed by atoms with Gasteiger partial charge in [-0.15, -0.1) is 0 Å². The average molecular weight is 484 g/mol. The highest BCUT2D eigenvalue weighted by atomic mass is 35.5. The first-order chi connectivity index (χ1) is 16.4. The molecule has 0 radical (unpaired) electrons. The van der Waals surface area contributed by atoms with Crippen LogP contribution in [0.5, 0.6) is 0 Å². The van der Waals surface area contributed by atoms with Crippen LogP contribution in [0.3, 0.4) is 0 Å². The molecule has 8 nitrogen and oxygen atoms in total. The van der Waals surface area contributed by atoms with Crippen LogP contribution in [0.25, 0.3) is 0 Å². The fourth-order valence-electron chi connectivity index (χ4n) is 4.72. The van der Waals surface area contributed by atoms with Crippen molar-refractivity contribution in [3.63, 3.8) is 0 Å². The molecule has 1 fully saturated rings. The predicted molar refractivity (Wildman–Crippen MR) is 127 cm³/mol. The molecule has 34 heavy (non-hydrogen) atoms. The Kier molecular flexibility index (Phi) is 7.00. The largest absolute Gasteiger partial charge is 0.383 e. The monoisotopic (exact) mass is 483 g/mol. The summed E-state index contributed by atoms with van der Waals surface area (Å²) in [6.45, 7) is -0.0671. The summed E-state index contributed by atoms with van der Waals surface area (Å²) in [4.78, 5) is 55.2. The van der Waals surface area contributed by atoms with Crippen LogP contribution < -0.4 is 5.32 Å². The Labute approximate surface area is 202 Å². The van der Waals surface area contributed by atoms with Crippen molar-refractivity contribution in [2.45, 2.75) is 31.2 Å². The summed E-state index contributed by atoms with van der Waals surface area (Å²) in [5.41, 5.74) is 0.0215. The van der Waals surface area contributed by atoms with Gasteiger partial charge in [-0.1, -0.05) is 36.6 Å². The quantitative estimate of drug-likeness (QED) is 0.581. The second-order valence-corrected chi connectivity index (χ2v) is 8.92. The van der Waals surface area contributed by atoms with Crippen molar-refractivity contribution in [2.75, 3.05) is 32.1 Å². The molecule has 1 aliphatic carbocycles. The third-order valence-electron chi connectivity index (χ3n) is 6.46. The molecular weight excluding hydrogens is 458 g/mol. The normalized spacial score (nSPS) is 16.5. The molecule has 4 rings (SSSR count). The lowest BCUT2D eigenvalue weighted by Gasteiger charge is -2.40. The Morgan fingerprint density at radius 2 is 1.62 bits per heavy atom. The van der Waals surface area contributed by atoms with Crippen LogP contribution in [0, 0.1) is 0 Å². The Morgan fingerprint density at radius 1 is 1.03 bits per heavy atom. The second-order valence-electron chi connectivity index (χ2n) is 8.48. The number of benzene rings is 2. The van der Waals surface area contributed by atoms with Crippen LogP contribution in [0.1, 0.15) is 46.4 Å². The summed E-state index contributed by atoms with van der Waals surface area (Å²) < 4.78 is 5.21. The molecule has 1 aliphatic heterocycles. The van der Waals surface area contributed by atoms with Crippen LogP contribution in [0.2, 0.25) is 5.02 Å². The van der Waals surface area contributed by atoms with E-state index in [9.17, 15) is 19.2 Å². The Balaban J connectivity index is 1.59. The maximum atomic E-state index is 13.6. The van der Waals surface area contributed by atoms with E-state index in [0.717, 1.165) is 17.7 Å². The number of ether oxygens (including phenoxy) is 1. The fraction of sp³-hybridized carbons (Fsp3) is 0.360. The number of anilines is 1. The minimum Gasteiger partial charge on any atom is -0.383 e. The number of halogens is 1. The van der Waals surface area contributed by atoms with Gasteiger partial charge in [-0.25, -0.2) is 0 Å². The van der Waals surface area contributed by atoms with Gasteiger partial charge in [0, 0.05) is 24.4 Å². The maximum absolute atomic E-state index is 13.6. The van der Waals surface area contributed by atoms with E-state index in [2.05, 4.69) is 5.32 Å². The van der Waals surface area contributed by atoms with Crippen LogP contribution in [-0.2, 0) is 14.3 Å². The number of methoxy groups -OCH3 is 1. The summed E-state index contributed by atoms with van der Waals surface area (Å²) in [6, 6.07) is 13.2. The number of carbonyl (C=O) groups excluding carboxylic acids is 4. The molecule has 1 N–H and O–H groups in total. The molecule has 4 amide bonds. The summed E-state index contributed by atoms with van der Waals surface area (Å²) in [5, 5.41) is 3.46. The first-order valence-electron chi connectivity index (χ1n) is 11.2. The summed E-state index contributed by atoms with van der Waals surface area (Å²) >= 11 is 5.95. The van der Waals surface area contributed by atoms with Gasteiger partial charge in [-0.2, -0.15) is 0 Å². The molecule has 0 bridgehead atoms. The van der Waals surface area contributed by atoms with E-state index in [-0.39, 0.29) is 30.2 Å². The number of nitrogens with one attached hydrogen (secondary N) is 1. The molecule has 0 unspecified atom stereocenters. The topological polar surface area (TPSA) is 96.0 Å². The highest BCUT2D eigenvalue weighted by Crippen LogP contribution is 2.37. The Hall–Kier alpha value is -3.23. The standard InChI is InChI=1S/C25H26ClN3O5/c1-34-15-14-29(21(30)16-28-22(31)19-6-2-3-7-20(19)23(28)32)25(12-4-5-13-25)24(33)27-18-10-8-17(26)9-11-18/h2-3,6-11H,4-5,12-16H2,1H3,(H,27,33). The molecule has 0 saturated heterocycles. The molecule has 0 atom stereocenters. The lowest BCUT2D eigenvalue weighted by atomic mass is 9.93. The zero-order valence-electron chi connectivity index (χ0n) is 18.9. The number of hydrogen-bond donors (Lipinski definition) is 1. The van der Waals surface area contributed by atoms with Crippen molar-refractivity contribution in [1.29, 1.82) is 0 Å². The van der Waals surface area contributed by atoms with E-state index in [1.54, 1.807) is 48.5 Å². The number of hydrogen-bond acceptors (Lipinski definition) is 5. The number of rotatable bonds is 8.